The predicted octanol–water partition coefficient (Wildman–Crippen LogP) is 1.57. The zero-order valence-electron chi connectivity index (χ0n) is 10.6. The van der Waals surface area contributed by atoms with E-state index in [2.05, 4.69) is 29.5 Å². The Bertz CT molecular complexity index is 352. The molecule has 3 unspecified atom stereocenters. The van der Waals surface area contributed by atoms with E-state index in [-0.39, 0.29) is 6.04 Å². The van der Waals surface area contributed by atoms with E-state index in [1.807, 2.05) is 0 Å². The fourth-order valence-corrected chi connectivity index (χ4v) is 3.31. The van der Waals surface area contributed by atoms with Gasteiger partial charge in [-0.25, -0.2) is 0 Å². The van der Waals surface area contributed by atoms with Gasteiger partial charge in [-0.2, -0.15) is 5.10 Å². The first kappa shape index (κ1) is 12.4. The molecule has 1 aromatic heterocycles. The van der Waals surface area contributed by atoms with Crippen molar-refractivity contribution in [2.24, 2.45) is 23.6 Å². The van der Waals surface area contributed by atoms with Crippen LogP contribution in [0.5, 0.6) is 0 Å². The molecule has 1 saturated carbocycles. The number of hydrazine groups is 1. The van der Waals surface area contributed by atoms with Crippen molar-refractivity contribution in [3.8, 4) is 0 Å². The highest BCUT2D eigenvalue weighted by Crippen LogP contribution is 2.40. The van der Waals surface area contributed by atoms with Gasteiger partial charge in [-0.15, -0.1) is 0 Å². The second-order valence-corrected chi connectivity index (χ2v) is 5.56. The van der Waals surface area contributed by atoms with Crippen LogP contribution < -0.4 is 17.0 Å². The zero-order chi connectivity index (χ0) is 12.4. The lowest BCUT2D eigenvalue weighted by Gasteiger charge is -2.36. The number of hydrogen-bond donors (Lipinski definition) is 4. The third-order valence-corrected chi connectivity index (χ3v) is 3.90. The molecule has 0 amide bonds. The quantitative estimate of drug-likeness (QED) is 0.474. The minimum absolute atomic E-state index is 0.110. The molecule has 0 aromatic carbocycles. The summed E-state index contributed by atoms with van der Waals surface area (Å²) in [6.45, 7) is 4.63. The average molecular weight is 237 g/mol. The number of aromatic amines is 1. The van der Waals surface area contributed by atoms with E-state index in [1.54, 1.807) is 6.20 Å². The van der Waals surface area contributed by atoms with Crippen molar-refractivity contribution in [1.29, 1.82) is 0 Å². The van der Waals surface area contributed by atoms with Gasteiger partial charge >= 0.3 is 0 Å². The topological polar surface area (TPSA) is 92.7 Å². The number of aromatic nitrogens is 2. The zero-order valence-corrected chi connectivity index (χ0v) is 10.6. The first-order chi connectivity index (χ1) is 8.11. The molecule has 0 saturated heterocycles. The lowest BCUT2D eigenvalue weighted by atomic mass is 9.73. The molecule has 1 aliphatic carbocycles. The van der Waals surface area contributed by atoms with Gasteiger partial charge in [-0.05, 0) is 37.0 Å². The monoisotopic (exact) mass is 237 g/mol. The molecule has 0 spiro atoms. The lowest BCUT2D eigenvalue weighted by Crippen LogP contribution is -2.37. The molecule has 5 heteroatoms. The largest absolute Gasteiger partial charge is 0.384 e. The highest BCUT2D eigenvalue weighted by Gasteiger charge is 2.31. The molecule has 0 aliphatic heterocycles. The molecule has 3 atom stereocenters. The van der Waals surface area contributed by atoms with Crippen LogP contribution in [0.2, 0.25) is 0 Å². The smallest absolute Gasteiger partial charge is 0.123 e. The summed E-state index contributed by atoms with van der Waals surface area (Å²) in [5.74, 6) is 8.39. The Balaban J connectivity index is 2.15. The van der Waals surface area contributed by atoms with Crippen LogP contribution >= 0.6 is 0 Å². The second-order valence-electron chi connectivity index (χ2n) is 5.56. The normalized spacial score (nSPS) is 31.4. The van der Waals surface area contributed by atoms with E-state index in [1.165, 1.54) is 19.3 Å². The van der Waals surface area contributed by atoms with Crippen molar-refractivity contribution in [3.63, 3.8) is 0 Å². The predicted molar refractivity (Wildman–Crippen MR) is 68.7 cm³/mol. The maximum atomic E-state index is 5.88. The van der Waals surface area contributed by atoms with Gasteiger partial charge in [0.15, 0.2) is 0 Å². The molecule has 5 nitrogen and oxygen atoms in total. The van der Waals surface area contributed by atoms with Crippen molar-refractivity contribution < 1.29 is 0 Å². The van der Waals surface area contributed by atoms with Crippen LogP contribution in [-0.4, -0.2) is 10.2 Å². The van der Waals surface area contributed by atoms with Crippen LogP contribution in [0.3, 0.4) is 0 Å². The number of nitrogens with one attached hydrogen (secondary N) is 2. The van der Waals surface area contributed by atoms with Crippen molar-refractivity contribution in [2.45, 2.75) is 39.2 Å². The SMILES string of the molecule is CC1CC(C)CC(C(NN)c2cn[nH]c2N)C1. The van der Waals surface area contributed by atoms with Gasteiger partial charge in [-0.1, -0.05) is 13.8 Å². The first-order valence-corrected chi connectivity index (χ1v) is 6.36. The van der Waals surface area contributed by atoms with Gasteiger partial charge in [0, 0.05) is 5.56 Å². The van der Waals surface area contributed by atoms with E-state index in [9.17, 15) is 0 Å². The van der Waals surface area contributed by atoms with Crippen molar-refractivity contribution in [3.05, 3.63) is 11.8 Å². The number of nitrogen functional groups attached to an aromatic ring is 1. The van der Waals surface area contributed by atoms with Gasteiger partial charge in [0.1, 0.15) is 5.82 Å². The summed E-state index contributed by atoms with van der Waals surface area (Å²) in [6.07, 6.45) is 5.49. The molecule has 6 N–H and O–H groups in total. The Morgan fingerprint density at radius 1 is 1.35 bits per heavy atom. The van der Waals surface area contributed by atoms with Crippen LogP contribution in [0.15, 0.2) is 6.20 Å². The molecule has 0 bridgehead atoms. The van der Waals surface area contributed by atoms with Crippen LogP contribution in [0, 0.1) is 17.8 Å². The Kier molecular flexibility index (Phi) is 3.69. The van der Waals surface area contributed by atoms with E-state index in [0.717, 1.165) is 17.4 Å². The van der Waals surface area contributed by atoms with Gasteiger partial charge in [0.05, 0.1) is 12.2 Å². The average Bonchev–Trinajstić information content (AvgIpc) is 2.65. The van der Waals surface area contributed by atoms with E-state index >= 15 is 0 Å². The molecule has 1 fully saturated rings. The molecule has 17 heavy (non-hydrogen) atoms. The number of nitrogens with two attached hydrogens (primary N) is 2. The van der Waals surface area contributed by atoms with Gasteiger partial charge in [0.25, 0.3) is 0 Å². The minimum Gasteiger partial charge on any atom is -0.384 e. The highest BCUT2D eigenvalue weighted by atomic mass is 15.2. The molecular formula is C12H23N5. The van der Waals surface area contributed by atoms with Crippen molar-refractivity contribution >= 4 is 5.82 Å². The summed E-state index contributed by atoms with van der Waals surface area (Å²) in [6, 6.07) is 0.110. The van der Waals surface area contributed by atoms with Gasteiger partial charge in [0.2, 0.25) is 0 Å². The van der Waals surface area contributed by atoms with Crippen molar-refractivity contribution in [2.75, 3.05) is 5.73 Å². The minimum atomic E-state index is 0.110. The molecular weight excluding hydrogens is 214 g/mol. The summed E-state index contributed by atoms with van der Waals surface area (Å²) in [4.78, 5) is 0. The summed E-state index contributed by atoms with van der Waals surface area (Å²) in [7, 11) is 0. The maximum Gasteiger partial charge on any atom is 0.123 e. The van der Waals surface area contributed by atoms with E-state index in [4.69, 9.17) is 11.6 Å². The van der Waals surface area contributed by atoms with Crippen LogP contribution in [0.1, 0.15) is 44.7 Å². The summed E-state index contributed by atoms with van der Waals surface area (Å²) < 4.78 is 0. The third kappa shape index (κ3) is 2.61. The van der Waals surface area contributed by atoms with Gasteiger partial charge < -0.3 is 5.73 Å². The maximum absolute atomic E-state index is 5.88. The van der Waals surface area contributed by atoms with E-state index in [0.29, 0.717) is 11.7 Å². The third-order valence-electron chi connectivity index (χ3n) is 3.90. The molecule has 1 heterocycles. The summed E-state index contributed by atoms with van der Waals surface area (Å²) in [5.41, 5.74) is 9.79. The Morgan fingerprint density at radius 3 is 2.47 bits per heavy atom. The van der Waals surface area contributed by atoms with E-state index < -0.39 is 0 Å². The molecule has 2 rings (SSSR count). The Morgan fingerprint density at radius 2 is 2.00 bits per heavy atom. The first-order valence-electron chi connectivity index (χ1n) is 6.36. The highest BCUT2D eigenvalue weighted by molar-refractivity contribution is 5.39. The standard InChI is InChI=1S/C12H23N5/c1-7-3-8(2)5-9(4-7)11(16-14)10-6-15-17-12(10)13/h6-9,11,16H,3-5,14H2,1-2H3,(H3,13,15,17). The Labute approximate surface area is 102 Å². The van der Waals surface area contributed by atoms with Crippen LogP contribution in [0.25, 0.3) is 0 Å². The van der Waals surface area contributed by atoms with Crippen LogP contribution in [0.4, 0.5) is 5.82 Å². The molecule has 0 radical (unpaired) electrons. The summed E-state index contributed by atoms with van der Waals surface area (Å²) in [5, 5.41) is 6.76. The molecule has 1 aromatic rings. The molecule has 1 aliphatic rings. The molecule has 96 valence electrons. The summed E-state index contributed by atoms with van der Waals surface area (Å²) >= 11 is 0. The fourth-order valence-electron chi connectivity index (χ4n) is 3.31. The Hall–Kier alpha value is -1.07. The number of nitrogens with zero attached hydrogens (tertiary/aromatic N) is 1. The number of anilines is 1. The van der Waals surface area contributed by atoms with Gasteiger partial charge in [-0.3, -0.25) is 16.4 Å². The number of rotatable bonds is 3. The fraction of sp³-hybridized carbons (Fsp3) is 0.750. The lowest BCUT2D eigenvalue weighted by molar-refractivity contribution is 0.177. The van der Waals surface area contributed by atoms with Crippen LogP contribution in [-0.2, 0) is 0 Å². The second kappa shape index (κ2) is 5.06. The van der Waals surface area contributed by atoms with Crippen molar-refractivity contribution in [1.82, 2.24) is 15.6 Å². The number of hydrogen-bond acceptors (Lipinski definition) is 4. The number of H-pyrrole nitrogens is 1.